The zero-order chi connectivity index (χ0) is 17.5. The standard InChI is InChI=1S/C19H25ClN2O2/c1-11-15-9-12(7-8-19(15,2)18(23)22-11)14-6-5-13(10-16(14)20)17(21-3)24-4/h5-6,10-12,15H,7-9H2,1-4H3,(H,22,23). The number of benzene rings is 1. The Hall–Kier alpha value is -1.55. The van der Waals surface area contributed by atoms with Gasteiger partial charge in [0, 0.05) is 23.7 Å². The topological polar surface area (TPSA) is 50.7 Å². The van der Waals surface area contributed by atoms with Crippen LogP contribution in [0.4, 0.5) is 0 Å². The van der Waals surface area contributed by atoms with Crippen LogP contribution in [-0.4, -0.2) is 32.0 Å². The second-order valence-electron chi connectivity index (χ2n) is 7.23. The third-order valence-electron chi connectivity index (χ3n) is 5.93. The number of carbonyl (C=O) groups excluding carboxylic acids is 1. The molecular formula is C19H25ClN2O2. The summed E-state index contributed by atoms with van der Waals surface area (Å²) in [5.41, 5.74) is 1.83. The number of methoxy groups -OCH3 is 1. The van der Waals surface area contributed by atoms with Crippen LogP contribution in [0.5, 0.6) is 0 Å². The van der Waals surface area contributed by atoms with Gasteiger partial charge in [0.25, 0.3) is 0 Å². The highest BCUT2D eigenvalue weighted by Crippen LogP contribution is 2.52. The first kappa shape index (κ1) is 17.3. The zero-order valence-electron chi connectivity index (χ0n) is 14.7. The average Bonchev–Trinajstić information content (AvgIpc) is 2.78. The van der Waals surface area contributed by atoms with E-state index in [1.807, 2.05) is 12.1 Å². The van der Waals surface area contributed by atoms with Crippen LogP contribution in [0.3, 0.4) is 0 Å². The lowest BCUT2D eigenvalue weighted by Gasteiger charge is -2.39. The van der Waals surface area contributed by atoms with Crippen LogP contribution in [0.25, 0.3) is 0 Å². The second kappa shape index (κ2) is 6.40. The third-order valence-corrected chi connectivity index (χ3v) is 6.26. The number of hydrogen-bond acceptors (Lipinski definition) is 3. The monoisotopic (exact) mass is 348 g/mol. The fourth-order valence-corrected chi connectivity index (χ4v) is 4.80. The van der Waals surface area contributed by atoms with Crippen molar-refractivity contribution in [2.75, 3.05) is 14.2 Å². The Bertz CT molecular complexity index is 688. The maximum absolute atomic E-state index is 12.3. The molecule has 4 atom stereocenters. The number of ether oxygens (including phenoxy) is 1. The molecule has 1 aromatic rings. The van der Waals surface area contributed by atoms with Crippen molar-refractivity contribution < 1.29 is 9.53 Å². The molecule has 130 valence electrons. The highest BCUT2D eigenvalue weighted by Gasteiger charge is 2.52. The predicted molar refractivity (Wildman–Crippen MR) is 96.7 cm³/mol. The van der Waals surface area contributed by atoms with Gasteiger partial charge in [0.05, 0.1) is 12.5 Å². The molecule has 0 aromatic heterocycles. The molecule has 1 N–H and O–H groups in total. The number of amides is 1. The molecule has 0 bridgehead atoms. The molecule has 1 aromatic carbocycles. The lowest BCUT2D eigenvalue weighted by atomic mass is 9.63. The van der Waals surface area contributed by atoms with Crippen molar-refractivity contribution in [1.82, 2.24) is 5.32 Å². The third kappa shape index (κ3) is 2.71. The Morgan fingerprint density at radius 1 is 1.46 bits per heavy atom. The Balaban J connectivity index is 1.85. The predicted octanol–water partition coefficient (Wildman–Crippen LogP) is 3.77. The summed E-state index contributed by atoms with van der Waals surface area (Å²) >= 11 is 6.57. The smallest absolute Gasteiger partial charge is 0.226 e. The van der Waals surface area contributed by atoms with Crippen molar-refractivity contribution in [3.05, 3.63) is 34.3 Å². The molecule has 1 amide bonds. The van der Waals surface area contributed by atoms with Crippen LogP contribution < -0.4 is 5.32 Å². The first-order chi connectivity index (χ1) is 11.4. The van der Waals surface area contributed by atoms with E-state index in [2.05, 4.69) is 30.2 Å². The zero-order valence-corrected chi connectivity index (χ0v) is 15.5. The quantitative estimate of drug-likeness (QED) is 0.653. The van der Waals surface area contributed by atoms with Gasteiger partial charge in [-0.25, -0.2) is 0 Å². The molecular weight excluding hydrogens is 324 g/mol. The highest BCUT2D eigenvalue weighted by molar-refractivity contribution is 6.31. The van der Waals surface area contributed by atoms with Crippen molar-refractivity contribution in [3.63, 3.8) is 0 Å². The van der Waals surface area contributed by atoms with Crippen molar-refractivity contribution in [1.29, 1.82) is 0 Å². The SMILES string of the molecule is CN=C(OC)c1ccc(C2CCC3(C)C(=O)NC(C)C3C2)c(Cl)c1. The van der Waals surface area contributed by atoms with Gasteiger partial charge in [0.2, 0.25) is 11.8 Å². The Morgan fingerprint density at radius 3 is 2.83 bits per heavy atom. The number of hydrogen-bond donors (Lipinski definition) is 1. The summed E-state index contributed by atoms with van der Waals surface area (Å²) in [6, 6.07) is 6.26. The van der Waals surface area contributed by atoms with Crippen LogP contribution >= 0.6 is 11.6 Å². The minimum atomic E-state index is -0.222. The number of carbonyl (C=O) groups is 1. The van der Waals surface area contributed by atoms with Crippen LogP contribution in [-0.2, 0) is 9.53 Å². The molecule has 4 nitrogen and oxygen atoms in total. The normalized spacial score (nSPS) is 33.1. The summed E-state index contributed by atoms with van der Waals surface area (Å²) < 4.78 is 5.27. The van der Waals surface area contributed by atoms with Crippen molar-refractivity contribution in [2.45, 2.75) is 45.1 Å². The Labute approximate surface area is 148 Å². The Morgan fingerprint density at radius 2 is 2.21 bits per heavy atom. The molecule has 24 heavy (non-hydrogen) atoms. The molecule has 1 aliphatic carbocycles. The molecule has 0 radical (unpaired) electrons. The number of halogens is 1. The van der Waals surface area contributed by atoms with Crippen molar-refractivity contribution in [2.24, 2.45) is 16.3 Å². The van der Waals surface area contributed by atoms with Crippen LogP contribution in [0.15, 0.2) is 23.2 Å². The van der Waals surface area contributed by atoms with E-state index >= 15 is 0 Å². The van der Waals surface area contributed by atoms with E-state index in [1.54, 1.807) is 14.2 Å². The van der Waals surface area contributed by atoms with Gasteiger partial charge in [0.1, 0.15) is 0 Å². The molecule has 1 heterocycles. The number of fused-ring (bicyclic) bond motifs is 1. The minimum absolute atomic E-state index is 0.212. The number of nitrogens with one attached hydrogen (secondary N) is 1. The van der Waals surface area contributed by atoms with Gasteiger partial charge in [-0.15, -0.1) is 0 Å². The molecule has 3 rings (SSSR count). The van der Waals surface area contributed by atoms with E-state index in [0.29, 0.717) is 17.7 Å². The van der Waals surface area contributed by atoms with Crippen LogP contribution in [0, 0.1) is 11.3 Å². The number of aliphatic imine (C=N–C) groups is 1. The summed E-state index contributed by atoms with van der Waals surface area (Å²) in [7, 11) is 3.31. The van der Waals surface area contributed by atoms with E-state index < -0.39 is 0 Å². The summed E-state index contributed by atoms with van der Waals surface area (Å²) in [6.45, 7) is 4.23. The lowest BCUT2D eigenvalue weighted by molar-refractivity contribution is -0.129. The summed E-state index contributed by atoms with van der Waals surface area (Å²) in [5.74, 6) is 1.55. The fraction of sp³-hybridized carbons (Fsp3) is 0.579. The summed E-state index contributed by atoms with van der Waals surface area (Å²) in [6.07, 6.45) is 2.90. The van der Waals surface area contributed by atoms with E-state index in [1.165, 1.54) is 5.56 Å². The molecule has 2 aliphatic rings. The first-order valence-electron chi connectivity index (χ1n) is 8.52. The van der Waals surface area contributed by atoms with E-state index in [-0.39, 0.29) is 17.4 Å². The minimum Gasteiger partial charge on any atom is -0.481 e. The molecule has 2 fully saturated rings. The van der Waals surface area contributed by atoms with Gasteiger partial charge in [-0.2, -0.15) is 0 Å². The first-order valence-corrected chi connectivity index (χ1v) is 8.90. The summed E-state index contributed by atoms with van der Waals surface area (Å²) in [4.78, 5) is 16.4. The number of nitrogens with zero attached hydrogens (tertiary/aromatic N) is 1. The molecule has 1 saturated heterocycles. The van der Waals surface area contributed by atoms with E-state index in [9.17, 15) is 4.79 Å². The van der Waals surface area contributed by atoms with E-state index in [0.717, 1.165) is 29.8 Å². The van der Waals surface area contributed by atoms with Gasteiger partial charge < -0.3 is 10.1 Å². The van der Waals surface area contributed by atoms with Crippen molar-refractivity contribution in [3.8, 4) is 0 Å². The second-order valence-corrected chi connectivity index (χ2v) is 7.63. The van der Waals surface area contributed by atoms with Crippen LogP contribution in [0.2, 0.25) is 5.02 Å². The maximum atomic E-state index is 12.3. The number of rotatable bonds is 2. The van der Waals surface area contributed by atoms with E-state index in [4.69, 9.17) is 16.3 Å². The van der Waals surface area contributed by atoms with Gasteiger partial charge in [-0.3, -0.25) is 9.79 Å². The highest BCUT2D eigenvalue weighted by atomic mass is 35.5. The average molecular weight is 349 g/mol. The van der Waals surface area contributed by atoms with Gasteiger partial charge in [-0.05, 0) is 55.7 Å². The van der Waals surface area contributed by atoms with Gasteiger partial charge in [0.15, 0.2) is 0 Å². The Kier molecular flexibility index (Phi) is 4.60. The molecule has 5 heteroatoms. The maximum Gasteiger partial charge on any atom is 0.226 e. The fourth-order valence-electron chi connectivity index (χ4n) is 4.47. The molecule has 1 aliphatic heterocycles. The van der Waals surface area contributed by atoms with Gasteiger partial charge in [-0.1, -0.05) is 24.6 Å². The molecule has 4 unspecified atom stereocenters. The largest absolute Gasteiger partial charge is 0.481 e. The van der Waals surface area contributed by atoms with Crippen molar-refractivity contribution >= 4 is 23.4 Å². The lowest BCUT2D eigenvalue weighted by Crippen LogP contribution is -2.36. The van der Waals surface area contributed by atoms with Crippen LogP contribution in [0.1, 0.15) is 50.2 Å². The molecule has 0 spiro atoms. The summed E-state index contributed by atoms with van der Waals surface area (Å²) in [5, 5.41) is 3.87. The molecule has 1 saturated carbocycles. The van der Waals surface area contributed by atoms with Gasteiger partial charge >= 0.3 is 0 Å².